The van der Waals surface area contributed by atoms with E-state index < -0.39 is 0 Å². The average molecular weight is 376 g/mol. The summed E-state index contributed by atoms with van der Waals surface area (Å²) in [4.78, 5) is 16.2. The normalized spacial score (nSPS) is 10.6. The van der Waals surface area contributed by atoms with E-state index in [9.17, 15) is 4.79 Å². The highest BCUT2D eigenvalue weighted by atomic mass is 79.9. The highest BCUT2D eigenvalue weighted by molar-refractivity contribution is 9.10. The number of rotatable bonds is 5. The smallest absolute Gasteiger partial charge is 0.277 e. The second-order valence-corrected chi connectivity index (χ2v) is 6.15. The molecule has 0 bridgehead atoms. The molecule has 3 aromatic rings. The summed E-state index contributed by atoms with van der Waals surface area (Å²) < 4.78 is 6.43. The first-order valence-electron chi connectivity index (χ1n) is 6.39. The Hall–Kier alpha value is -1.99. The van der Waals surface area contributed by atoms with Gasteiger partial charge in [0.05, 0.1) is 5.75 Å². The van der Waals surface area contributed by atoms with Gasteiger partial charge < -0.3 is 4.42 Å². The lowest BCUT2D eigenvalue weighted by atomic mass is 10.2. The van der Waals surface area contributed by atoms with E-state index >= 15 is 0 Å². The standard InChI is InChI=1S/C15H10BrN3O2S/c16-11-6-4-10(5-7-11)13(20)9-22-15-19-18-14(21-15)12-3-1-2-8-17-12/h1-8H,9H2. The molecule has 0 unspecified atom stereocenters. The molecule has 0 saturated carbocycles. The number of halogens is 1. The van der Waals surface area contributed by atoms with Crippen LogP contribution >= 0.6 is 27.7 Å². The van der Waals surface area contributed by atoms with Crippen molar-refractivity contribution in [3.63, 3.8) is 0 Å². The third-order valence-electron chi connectivity index (χ3n) is 2.78. The van der Waals surface area contributed by atoms with Gasteiger partial charge in [0.2, 0.25) is 0 Å². The molecule has 0 spiro atoms. The highest BCUT2D eigenvalue weighted by Crippen LogP contribution is 2.22. The summed E-state index contributed by atoms with van der Waals surface area (Å²) in [7, 11) is 0. The van der Waals surface area contributed by atoms with Gasteiger partial charge in [-0.2, -0.15) is 0 Å². The number of Topliss-reactive ketones (excluding diaryl/α,β-unsaturated/α-hetero) is 1. The quantitative estimate of drug-likeness (QED) is 0.497. The summed E-state index contributed by atoms with van der Waals surface area (Å²) in [6.07, 6.45) is 1.66. The van der Waals surface area contributed by atoms with Crippen LogP contribution in [0.25, 0.3) is 11.6 Å². The van der Waals surface area contributed by atoms with Crippen LogP contribution in [0.2, 0.25) is 0 Å². The van der Waals surface area contributed by atoms with Crippen molar-refractivity contribution in [1.29, 1.82) is 0 Å². The number of hydrogen-bond donors (Lipinski definition) is 0. The molecule has 0 saturated heterocycles. The van der Waals surface area contributed by atoms with Crippen LogP contribution in [0.3, 0.4) is 0 Å². The van der Waals surface area contributed by atoms with Crippen LogP contribution in [0.4, 0.5) is 0 Å². The maximum atomic E-state index is 12.1. The number of nitrogens with zero attached hydrogens (tertiary/aromatic N) is 3. The molecule has 1 aromatic carbocycles. The Morgan fingerprint density at radius 1 is 1.14 bits per heavy atom. The predicted octanol–water partition coefficient (Wildman–Crippen LogP) is 3.87. The van der Waals surface area contributed by atoms with Crippen molar-refractivity contribution in [3.05, 3.63) is 58.7 Å². The van der Waals surface area contributed by atoms with Crippen molar-refractivity contribution in [3.8, 4) is 11.6 Å². The first-order valence-corrected chi connectivity index (χ1v) is 8.17. The fourth-order valence-corrected chi connectivity index (χ4v) is 2.63. The molecule has 22 heavy (non-hydrogen) atoms. The van der Waals surface area contributed by atoms with Gasteiger partial charge >= 0.3 is 0 Å². The molecule has 5 nitrogen and oxygen atoms in total. The zero-order valence-electron chi connectivity index (χ0n) is 11.3. The fraction of sp³-hybridized carbons (Fsp3) is 0.0667. The number of pyridine rings is 1. The van der Waals surface area contributed by atoms with Gasteiger partial charge in [0.15, 0.2) is 5.78 Å². The Morgan fingerprint density at radius 3 is 2.68 bits per heavy atom. The minimum Gasteiger partial charge on any atom is -0.410 e. The maximum Gasteiger partial charge on any atom is 0.277 e. The minimum absolute atomic E-state index is 0.00934. The van der Waals surface area contributed by atoms with Gasteiger partial charge in [-0.1, -0.05) is 45.9 Å². The number of aromatic nitrogens is 3. The Labute approximate surface area is 139 Å². The molecule has 2 heterocycles. The van der Waals surface area contributed by atoms with Crippen LogP contribution in [-0.4, -0.2) is 26.7 Å². The van der Waals surface area contributed by atoms with Gasteiger partial charge in [0, 0.05) is 16.2 Å². The zero-order chi connectivity index (χ0) is 15.4. The van der Waals surface area contributed by atoms with Crippen LogP contribution in [0, 0.1) is 0 Å². The molecule has 0 aliphatic heterocycles. The fourth-order valence-electron chi connectivity index (χ4n) is 1.71. The summed E-state index contributed by atoms with van der Waals surface area (Å²) in [6.45, 7) is 0. The SMILES string of the molecule is O=C(CSc1nnc(-c2ccccn2)o1)c1ccc(Br)cc1. The van der Waals surface area contributed by atoms with Gasteiger partial charge in [-0.15, -0.1) is 10.2 Å². The number of ketones is 1. The van der Waals surface area contributed by atoms with Crippen LogP contribution in [0.5, 0.6) is 0 Å². The zero-order valence-corrected chi connectivity index (χ0v) is 13.7. The lowest BCUT2D eigenvalue weighted by Gasteiger charge is -1.99. The predicted molar refractivity (Wildman–Crippen MR) is 86.7 cm³/mol. The summed E-state index contributed by atoms with van der Waals surface area (Å²) >= 11 is 4.55. The van der Waals surface area contributed by atoms with E-state index in [0.717, 1.165) is 4.47 Å². The lowest BCUT2D eigenvalue weighted by Crippen LogP contribution is -2.01. The van der Waals surface area contributed by atoms with Crippen LogP contribution in [0.1, 0.15) is 10.4 Å². The van der Waals surface area contributed by atoms with Crippen molar-refractivity contribution in [1.82, 2.24) is 15.2 Å². The van der Waals surface area contributed by atoms with Gasteiger partial charge in [-0.3, -0.25) is 9.78 Å². The van der Waals surface area contributed by atoms with E-state index in [1.165, 1.54) is 11.8 Å². The van der Waals surface area contributed by atoms with E-state index in [0.29, 0.717) is 22.4 Å². The Kier molecular flexibility index (Phi) is 4.65. The summed E-state index contributed by atoms with van der Waals surface area (Å²) in [6, 6.07) is 12.7. The number of carbonyl (C=O) groups excluding carboxylic acids is 1. The van der Waals surface area contributed by atoms with Gasteiger partial charge in [0.1, 0.15) is 5.69 Å². The molecular weight excluding hydrogens is 366 g/mol. The molecule has 0 amide bonds. The van der Waals surface area contributed by atoms with Crippen molar-refractivity contribution in [2.24, 2.45) is 0 Å². The summed E-state index contributed by atoms with van der Waals surface area (Å²) in [5, 5.41) is 8.20. The number of hydrogen-bond acceptors (Lipinski definition) is 6. The van der Waals surface area contributed by atoms with Crippen molar-refractivity contribution < 1.29 is 9.21 Å². The number of benzene rings is 1. The minimum atomic E-state index is 0.00934. The third kappa shape index (κ3) is 3.61. The van der Waals surface area contributed by atoms with Crippen molar-refractivity contribution >= 4 is 33.5 Å². The van der Waals surface area contributed by atoms with E-state index in [4.69, 9.17) is 4.42 Å². The summed E-state index contributed by atoms with van der Waals surface area (Å²) in [5.74, 6) is 0.597. The second-order valence-electron chi connectivity index (χ2n) is 4.31. The van der Waals surface area contributed by atoms with Gasteiger partial charge in [-0.05, 0) is 24.3 Å². The van der Waals surface area contributed by atoms with Crippen LogP contribution in [0.15, 0.2) is 62.8 Å². The van der Waals surface area contributed by atoms with E-state index in [1.807, 2.05) is 24.3 Å². The summed E-state index contributed by atoms with van der Waals surface area (Å²) in [5.41, 5.74) is 1.27. The second kappa shape index (κ2) is 6.85. The molecule has 2 aromatic heterocycles. The Balaban J connectivity index is 1.64. The molecule has 0 aliphatic carbocycles. The van der Waals surface area contributed by atoms with Gasteiger partial charge in [0.25, 0.3) is 11.1 Å². The van der Waals surface area contributed by atoms with Crippen molar-refractivity contribution in [2.45, 2.75) is 5.22 Å². The molecule has 0 radical (unpaired) electrons. The molecule has 0 fully saturated rings. The first kappa shape index (κ1) is 14.9. The molecule has 0 atom stereocenters. The van der Waals surface area contributed by atoms with Gasteiger partial charge in [-0.25, -0.2) is 0 Å². The van der Waals surface area contributed by atoms with Crippen LogP contribution < -0.4 is 0 Å². The Bertz CT molecular complexity index is 775. The highest BCUT2D eigenvalue weighted by Gasteiger charge is 2.12. The molecule has 0 N–H and O–H groups in total. The molecule has 0 aliphatic rings. The van der Waals surface area contributed by atoms with Crippen LogP contribution in [-0.2, 0) is 0 Å². The molecule has 110 valence electrons. The number of carbonyl (C=O) groups is 1. The average Bonchev–Trinajstić information content (AvgIpc) is 3.03. The molecule has 3 rings (SSSR count). The maximum absolute atomic E-state index is 12.1. The Morgan fingerprint density at radius 2 is 1.95 bits per heavy atom. The molecular formula is C15H10BrN3O2S. The number of thioether (sulfide) groups is 1. The van der Waals surface area contributed by atoms with E-state index in [-0.39, 0.29) is 11.5 Å². The van der Waals surface area contributed by atoms with E-state index in [2.05, 4.69) is 31.1 Å². The molecule has 7 heteroatoms. The third-order valence-corrected chi connectivity index (χ3v) is 4.13. The monoisotopic (exact) mass is 375 g/mol. The topological polar surface area (TPSA) is 68.9 Å². The first-order chi connectivity index (χ1) is 10.7. The lowest BCUT2D eigenvalue weighted by molar-refractivity contribution is 0.102. The van der Waals surface area contributed by atoms with E-state index in [1.54, 1.807) is 24.4 Å². The van der Waals surface area contributed by atoms with Crippen molar-refractivity contribution in [2.75, 3.05) is 5.75 Å². The largest absolute Gasteiger partial charge is 0.410 e.